The SMILES string of the molecule is COC(C)CNC(=O)N[C@H](C(=O)O)[C@@H](C)O. The molecule has 0 bridgehead atoms. The zero-order valence-corrected chi connectivity index (χ0v) is 9.56. The number of hydrogen-bond donors (Lipinski definition) is 4. The Morgan fingerprint density at radius 1 is 1.38 bits per heavy atom. The number of rotatable bonds is 6. The van der Waals surface area contributed by atoms with Crippen molar-refractivity contribution in [2.45, 2.75) is 32.1 Å². The Hall–Kier alpha value is -1.34. The Morgan fingerprint density at radius 2 is 1.94 bits per heavy atom. The van der Waals surface area contributed by atoms with E-state index in [1.54, 1.807) is 6.92 Å². The molecule has 0 aliphatic carbocycles. The molecule has 94 valence electrons. The molecule has 0 radical (unpaired) electrons. The molecular weight excluding hydrogens is 216 g/mol. The van der Waals surface area contributed by atoms with Gasteiger partial charge in [-0.25, -0.2) is 9.59 Å². The van der Waals surface area contributed by atoms with Crippen LogP contribution in [0.1, 0.15) is 13.8 Å². The second kappa shape index (κ2) is 7.02. The number of hydrogen-bond acceptors (Lipinski definition) is 4. The molecule has 2 amide bonds. The molecule has 3 atom stereocenters. The fourth-order valence-corrected chi connectivity index (χ4v) is 0.901. The summed E-state index contributed by atoms with van der Waals surface area (Å²) in [6.45, 7) is 3.30. The maximum absolute atomic E-state index is 11.2. The maximum atomic E-state index is 11.2. The summed E-state index contributed by atoms with van der Waals surface area (Å²) in [6, 6.07) is -1.98. The molecule has 0 fully saturated rings. The predicted octanol–water partition coefficient (Wildman–Crippen LogP) is -0.845. The summed E-state index contributed by atoms with van der Waals surface area (Å²) in [5.41, 5.74) is 0. The average Bonchev–Trinajstić information content (AvgIpc) is 2.21. The van der Waals surface area contributed by atoms with Crippen LogP contribution in [0, 0.1) is 0 Å². The second-order valence-electron chi connectivity index (χ2n) is 3.46. The van der Waals surface area contributed by atoms with Gasteiger partial charge in [0.05, 0.1) is 12.2 Å². The number of amides is 2. The van der Waals surface area contributed by atoms with Crippen LogP contribution in [0.15, 0.2) is 0 Å². The summed E-state index contributed by atoms with van der Waals surface area (Å²) in [5, 5.41) is 22.4. The number of aliphatic hydroxyl groups excluding tert-OH is 1. The average molecular weight is 234 g/mol. The van der Waals surface area contributed by atoms with Gasteiger partial charge in [-0.1, -0.05) is 0 Å². The van der Waals surface area contributed by atoms with Crippen LogP contribution in [0.3, 0.4) is 0 Å². The van der Waals surface area contributed by atoms with E-state index in [2.05, 4.69) is 10.6 Å². The van der Waals surface area contributed by atoms with E-state index in [0.717, 1.165) is 0 Å². The van der Waals surface area contributed by atoms with Crippen LogP contribution in [-0.2, 0) is 9.53 Å². The monoisotopic (exact) mass is 234 g/mol. The minimum atomic E-state index is -1.32. The quantitative estimate of drug-likeness (QED) is 0.479. The van der Waals surface area contributed by atoms with Gasteiger partial charge in [0, 0.05) is 13.7 Å². The third-order valence-electron chi connectivity index (χ3n) is 1.99. The zero-order valence-electron chi connectivity index (χ0n) is 9.56. The van der Waals surface area contributed by atoms with Gasteiger partial charge in [-0.05, 0) is 13.8 Å². The maximum Gasteiger partial charge on any atom is 0.328 e. The number of carbonyl (C=O) groups is 2. The lowest BCUT2D eigenvalue weighted by molar-refractivity contribution is -0.141. The number of aliphatic hydroxyl groups is 1. The van der Waals surface area contributed by atoms with Crippen LogP contribution in [-0.4, -0.2) is 54.1 Å². The molecule has 4 N–H and O–H groups in total. The van der Waals surface area contributed by atoms with Gasteiger partial charge in [0.1, 0.15) is 0 Å². The number of methoxy groups -OCH3 is 1. The normalized spacial score (nSPS) is 16.0. The summed E-state index contributed by atoms with van der Waals surface area (Å²) in [7, 11) is 1.50. The van der Waals surface area contributed by atoms with Crippen molar-refractivity contribution in [3.05, 3.63) is 0 Å². The van der Waals surface area contributed by atoms with Crippen LogP contribution < -0.4 is 10.6 Å². The van der Waals surface area contributed by atoms with Gasteiger partial charge in [-0.15, -0.1) is 0 Å². The van der Waals surface area contributed by atoms with Crippen LogP contribution in [0.5, 0.6) is 0 Å². The molecule has 0 aromatic carbocycles. The molecular formula is C9H18N2O5. The zero-order chi connectivity index (χ0) is 12.7. The highest BCUT2D eigenvalue weighted by atomic mass is 16.5. The van der Waals surface area contributed by atoms with E-state index in [1.807, 2.05) is 0 Å². The fourth-order valence-electron chi connectivity index (χ4n) is 0.901. The number of carboxylic acid groups (broad SMARTS) is 1. The molecule has 0 saturated carbocycles. The standard InChI is InChI=1S/C9H18N2O5/c1-5(16-3)4-10-9(15)11-7(6(2)12)8(13)14/h5-7,12H,4H2,1-3H3,(H,13,14)(H2,10,11,15)/t5?,6-,7+/m1/s1. The topological polar surface area (TPSA) is 108 Å². The summed E-state index contributed by atoms with van der Waals surface area (Å²) >= 11 is 0. The van der Waals surface area contributed by atoms with Crippen molar-refractivity contribution in [3.8, 4) is 0 Å². The van der Waals surface area contributed by atoms with E-state index in [9.17, 15) is 9.59 Å². The van der Waals surface area contributed by atoms with Crippen molar-refractivity contribution in [2.75, 3.05) is 13.7 Å². The van der Waals surface area contributed by atoms with E-state index in [4.69, 9.17) is 14.9 Å². The lowest BCUT2D eigenvalue weighted by Gasteiger charge is -2.18. The molecule has 1 unspecified atom stereocenters. The van der Waals surface area contributed by atoms with Gasteiger partial charge in [0.25, 0.3) is 0 Å². The molecule has 0 heterocycles. The van der Waals surface area contributed by atoms with Gasteiger partial charge < -0.3 is 25.6 Å². The molecule has 16 heavy (non-hydrogen) atoms. The minimum Gasteiger partial charge on any atom is -0.480 e. The smallest absolute Gasteiger partial charge is 0.328 e. The van der Waals surface area contributed by atoms with E-state index in [-0.39, 0.29) is 12.6 Å². The van der Waals surface area contributed by atoms with Crippen LogP contribution in [0.4, 0.5) is 4.79 Å². The molecule has 7 nitrogen and oxygen atoms in total. The highest BCUT2D eigenvalue weighted by Crippen LogP contribution is 1.93. The summed E-state index contributed by atoms with van der Waals surface area (Å²) in [5.74, 6) is -1.29. The first-order valence-corrected chi connectivity index (χ1v) is 4.86. The van der Waals surface area contributed by atoms with E-state index in [0.29, 0.717) is 0 Å². The molecule has 0 aliphatic heterocycles. The van der Waals surface area contributed by atoms with Crippen LogP contribution >= 0.6 is 0 Å². The molecule has 7 heteroatoms. The Kier molecular flexibility index (Phi) is 6.43. The third-order valence-corrected chi connectivity index (χ3v) is 1.99. The first kappa shape index (κ1) is 14.7. The predicted molar refractivity (Wildman–Crippen MR) is 56.1 cm³/mol. The Morgan fingerprint density at radius 3 is 2.31 bits per heavy atom. The lowest BCUT2D eigenvalue weighted by atomic mass is 10.2. The highest BCUT2D eigenvalue weighted by molar-refractivity contribution is 5.82. The van der Waals surface area contributed by atoms with Crippen molar-refractivity contribution in [1.29, 1.82) is 0 Å². The molecule has 0 saturated heterocycles. The van der Waals surface area contributed by atoms with Crippen LogP contribution in [0.2, 0.25) is 0 Å². The molecule has 0 aromatic heterocycles. The summed E-state index contributed by atoms with van der Waals surface area (Å²) in [4.78, 5) is 21.9. The van der Waals surface area contributed by atoms with Gasteiger partial charge >= 0.3 is 12.0 Å². The second-order valence-corrected chi connectivity index (χ2v) is 3.46. The minimum absolute atomic E-state index is 0.166. The Bertz CT molecular complexity index is 244. The number of aliphatic carboxylic acids is 1. The number of carboxylic acids is 1. The van der Waals surface area contributed by atoms with E-state index >= 15 is 0 Å². The van der Waals surface area contributed by atoms with Gasteiger partial charge in [-0.3, -0.25) is 0 Å². The van der Waals surface area contributed by atoms with Crippen LogP contribution in [0.25, 0.3) is 0 Å². The van der Waals surface area contributed by atoms with Gasteiger partial charge in [0.2, 0.25) is 0 Å². The van der Waals surface area contributed by atoms with Crippen molar-refractivity contribution >= 4 is 12.0 Å². The van der Waals surface area contributed by atoms with Gasteiger partial charge in [0.15, 0.2) is 6.04 Å². The van der Waals surface area contributed by atoms with Crippen molar-refractivity contribution in [1.82, 2.24) is 10.6 Å². The van der Waals surface area contributed by atoms with Gasteiger partial charge in [-0.2, -0.15) is 0 Å². The van der Waals surface area contributed by atoms with E-state index < -0.39 is 24.1 Å². The number of urea groups is 1. The molecule has 0 spiro atoms. The first-order valence-electron chi connectivity index (χ1n) is 4.86. The largest absolute Gasteiger partial charge is 0.480 e. The number of carbonyl (C=O) groups excluding carboxylic acids is 1. The lowest BCUT2D eigenvalue weighted by Crippen LogP contribution is -2.52. The summed E-state index contributed by atoms with van der Waals surface area (Å²) in [6.07, 6.45) is -1.33. The Labute approximate surface area is 93.8 Å². The molecule has 0 aliphatic rings. The number of nitrogens with one attached hydrogen (secondary N) is 2. The fraction of sp³-hybridized carbons (Fsp3) is 0.778. The Balaban J connectivity index is 4.06. The highest BCUT2D eigenvalue weighted by Gasteiger charge is 2.24. The summed E-state index contributed by atoms with van der Waals surface area (Å²) < 4.78 is 4.89. The van der Waals surface area contributed by atoms with E-state index in [1.165, 1.54) is 14.0 Å². The van der Waals surface area contributed by atoms with Crippen molar-refractivity contribution < 1.29 is 24.5 Å². The van der Waals surface area contributed by atoms with Crippen molar-refractivity contribution in [3.63, 3.8) is 0 Å². The molecule has 0 rings (SSSR count). The number of ether oxygens (including phenoxy) is 1. The van der Waals surface area contributed by atoms with Crippen molar-refractivity contribution in [2.24, 2.45) is 0 Å². The first-order chi connectivity index (χ1) is 7.38. The molecule has 0 aromatic rings. The third kappa shape index (κ3) is 5.52.